The van der Waals surface area contributed by atoms with E-state index in [1.807, 2.05) is 0 Å². The first-order chi connectivity index (χ1) is 7.14. The minimum atomic E-state index is 0.349. The molecule has 1 unspecified atom stereocenters. The lowest BCUT2D eigenvalue weighted by atomic mass is 9.89. The Hall–Kier alpha value is -0.120. The Morgan fingerprint density at radius 2 is 2.27 bits per heavy atom. The van der Waals surface area contributed by atoms with Gasteiger partial charge in [0, 0.05) is 20.3 Å². The molecule has 0 aromatic rings. The number of nitrogens with one attached hydrogen (secondary N) is 2. The highest BCUT2D eigenvalue weighted by molar-refractivity contribution is 4.76. The molecule has 0 saturated carbocycles. The van der Waals surface area contributed by atoms with Crippen LogP contribution in [-0.4, -0.2) is 39.9 Å². The largest absolute Gasteiger partial charge is 0.385 e. The van der Waals surface area contributed by atoms with E-state index >= 15 is 0 Å². The topological polar surface area (TPSA) is 33.3 Å². The molecule has 0 aromatic heterocycles. The van der Waals surface area contributed by atoms with Crippen LogP contribution < -0.4 is 10.6 Å². The van der Waals surface area contributed by atoms with Gasteiger partial charge in [-0.1, -0.05) is 13.8 Å². The summed E-state index contributed by atoms with van der Waals surface area (Å²) in [5, 5.41) is 6.98. The van der Waals surface area contributed by atoms with Crippen molar-refractivity contribution >= 4 is 0 Å². The van der Waals surface area contributed by atoms with Crippen molar-refractivity contribution in [1.82, 2.24) is 10.6 Å². The summed E-state index contributed by atoms with van der Waals surface area (Å²) in [4.78, 5) is 0. The summed E-state index contributed by atoms with van der Waals surface area (Å²) in [6.07, 6.45) is 2.45. The van der Waals surface area contributed by atoms with Crippen molar-refractivity contribution in [3.05, 3.63) is 0 Å². The monoisotopic (exact) mass is 214 g/mol. The summed E-state index contributed by atoms with van der Waals surface area (Å²) >= 11 is 0. The van der Waals surface area contributed by atoms with Crippen molar-refractivity contribution < 1.29 is 4.74 Å². The van der Waals surface area contributed by atoms with Gasteiger partial charge in [0.15, 0.2) is 0 Å². The van der Waals surface area contributed by atoms with Crippen molar-refractivity contribution in [2.24, 2.45) is 11.3 Å². The van der Waals surface area contributed by atoms with Crippen molar-refractivity contribution in [3.63, 3.8) is 0 Å². The van der Waals surface area contributed by atoms with Crippen LogP contribution in [0.1, 0.15) is 26.7 Å². The maximum absolute atomic E-state index is 5.12. The molecule has 0 bridgehead atoms. The lowest BCUT2D eigenvalue weighted by molar-refractivity contribution is 0.150. The standard InChI is InChI=1S/C12H26N2O/c1-12(2,5-7-15-3)10-14-9-11-4-6-13-8-11/h11,13-14H,4-10H2,1-3H3. The zero-order valence-corrected chi connectivity index (χ0v) is 10.4. The van der Waals surface area contributed by atoms with Crippen LogP contribution in [0.4, 0.5) is 0 Å². The molecule has 3 nitrogen and oxygen atoms in total. The molecule has 1 aliphatic rings. The fraction of sp³-hybridized carbons (Fsp3) is 1.00. The Labute approximate surface area is 94.0 Å². The number of ether oxygens (including phenoxy) is 1. The summed E-state index contributed by atoms with van der Waals surface area (Å²) in [5.74, 6) is 0.836. The van der Waals surface area contributed by atoms with Gasteiger partial charge in [0.05, 0.1) is 0 Å². The van der Waals surface area contributed by atoms with Gasteiger partial charge in [0.2, 0.25) is 0 Å². The molecular formula is C12H26N2O. The van der Waals surface area contributed by atoms with Gasteiger partial charge in [0.1, 0.15) is 0 Å². The molecule has 0 aromatic carbocycles. The molecule has 90 valence electrons. The minimum absolute atomic E-state index is 0.349. The Morgan fingerprint density at radius 1 is 1.47 bits per heavy atom. The highest BCUT2D eigenvalue weighted by Crippen LogP contribution is 2.19. The highest BCUT2D eigenvalue weighted by Gasteiger charge is 2.19. The highest BCUT2D eigenvalue weighted by atomic mass is 16.5. The quantitative estimate of drug-likeness (QED) is 0.669. The van der Waals surface area contributed by atoms with E-state index in [9.17, 15) is 0 Å². The second-order valence-electron chi connectivity index (χ2n) is 5.40. The number of hydrogen-bond acceptors (Lipinski definition) is 3. The van der Waals surface area contributed by atoms with E-state index in [1.54, 1.807) is 7.11 Å². The minimum Gasteiger partial charge on any atom is -0.385 e. The third-order valence-corrected chi connectivity index (χ3v) is 3.18. The van der Waals surface area contributed by atoms with Crippen LogP contribution in [0.15, 0.2) is 0 Å². The van der Waals surface area contributed by atoms with Crippen LogP contribution in [-0.2, 0) is 4.74 Å². The molecule has 1 fully saturated rings. The van der Waals surface area contributed by atoms with Crippen molar-refractivity contribution in [2.45, 2.75) is 26.7 Å². The fourth-order valence-electron chi connectivity index (χ4n) is 1.97. The van der Waals surface area contributed by atoms with E-state index < -0.39 is 0 Å². The lowest BCUT2D eigenvalue weighted by Crippen LogP contribution is -2.34. The van der Waals surface area contributed by atoms with E-state index in [-0.39, 0.29) is 0 Å². The first-order valence-corrected chi connectivity index (χ1v) is 6.04. The Balaban J connectivity index is 2.06. The average molecular weight is 214 g/mol. The van der Waals surface area contributed by atoms with E-state index in [0.29, 0.717) is 5.41 Å². The molecule has 1 heterocycles. The maximum atomic E-state index is 5.12. The molecule has 1 rings (SSSR count). The van der Waals surface area contributed by atoms with Gasteiger partial charge >= 0.3 is 0 Å². The molecule has 0 amide bonds. The van der Waals surface area contributed by atoms with E-state index in [0.717, 1.165) is 32.0 Å². The smallest absolute Gasteiger partial charge is 0.0467 e. The van der Waals surface area contributed by atoms with Crippen LogP contribution in [0, 0.1) is 11.3 Å². The average Bonchev–Trinajstić information content (AvgIpc) is 2.67. The molecule has 1 atom stereocenters. The molecule has 0 aliphatic carbocycles. The molecule has 3 heteroatoms. The molecule has 2 N–H and O–H groups in total. The molecule has 0 radical (unpaired) electrons. The first kappa shape index (κ1) is 12.9. The van der Waals surface area contributed by atoms with Crippen LogP contribution in [0.3, 0.4) is 0 Å². The Morgan fingerprint density at radius 3 is 2.87 bits per heavy atom. The molecule has 1 saturated heterocycles. The van der Waals surface area contributed by atoms with Gasteiger partial charge in [-0.2, -0.15) is 0 Å². The van der Waals surface area contributed by atoms with Gasteiger partial charge < -0.3 is 15.4 Å². The van der Waals surface area contributed by atoms with E-state index in [1.165, 1.54) is 19.5 Å². The lowest BCUT2D eigenvalue weighted by Gasteiger charge is -2.25. The van der Waals surface area contributed by atoms with Gasteiger partial charge in [0.25, 0.3) is 0 Å². The summed E-state index contributed by atoms with van der Waals surface area (Å²) in [5.41, 5.74) is 0.349. The summed E-state index contributed by atoms with van der Waals surface area (Å²) in [6.45, 7) is 10.1. The first-order valence-electron chi connectivity index (χ1n) is 6.04. The van der Waals surface area contributed by atoms with Gasteiger partial charge in [-0.15, -0.1) is 0 Å². The van der Waals surface area contributed by atoms with Gasteiger partial charge in [-0.3, -0.25) is 0 Å². The van der Waals surface area contributed by atoms with Crippen LogP contribution in [0.5, 0.6) is 0 Å². The van der Waals surface area contributed by atoms with Crippen molar-refractivity contribution in [1.29, 1.82) is 0 Å². The van der Waals surface area contributed by atoms with Crippen molar-refractivity contribution in [2.75, 3.05) is 39.9 Å². The number of hydrogen-bond donors (Lipinski definition) is 2. The van der Waals surface area contributed by atoms with Crippen LogP contribution >= 0.6 is 0 Å². The second-order valence-corrected chi connectivity index (χ2v) is 5.40. The molecule has 15 heavy (non-hydrogen) atoms. The Bertz CT molecular complexity index is 165. The normalized spacial score (nSPS) is 22.2. The second kappa shape index (κ2) is 6.46. The Kier molecular flexibility index (Phi) is 5.58. The maximum Gasteiger partial charge on any atom is 0.0467 e. The van der Waals surface area contributed by atoms with Crippen molar-refractivity contribution in [3.8, 4) is 0 Å². The summed E-state index contributed by atoms with van der Waals surface area (Å²) in [7, 11) is 1.77. The van der Waals surface area contributed by atoms with Crippen LogP contribution in [0.2, 0.25) is 0 Å². The number of rotatable bonds is 7. The van der Waals surface area contributed by atoms with E-state index in [2.05, 4.69) is 24.5 Å². The number of methoxy groups -OCH3 is 1. The summed E-state index contributed by atoms with van der Waals surface area (Å²) < 4.78 is 5.12. The zero-order valence-electron chi connectivity index (χ0n) is 10.4. The SMILES string of the molecule is COCCC(C)(C)CNCC1CCNC1. The third-order valence-electron chi connectivity index (χ3n) is 3.18. The fourth-order valence-corrected chi connectivity index (χ4v) is 1.97. The predicted molar refractivity (Wildman–Crippen MR) is 64.1 cm³/mol. The molecule has 1 aliphatic heterocycles. The van der Waals surface area contributed by atoms with Gasteiger partial charge in [-0.05, 0) is 43.8 Å². The molecule has 0 spiro atoms. The molecular weight excluding hydrogens is 188 g/mol. The van der Waals surface area contributed by atoms with E-state index in [4.69, 9.17) is 4.74 Å². The van der Waals surface area contributed by atoms with Crippen LogP contribution in [0.25, 0.3) is 0 Å². The zero-order chi connectivity index (χ0) is 11.1. The predicted octanol–water partition coefficient (Wildman–Crippen LogP) is 1.25. The third kappa shape index (κ3) is 5.50. The van der Waals surface area contributed by atoms with Gasteiger partial charge in [-0.25, -0.2) is 0 Å². The summed E-state index contributed by atoms with van der Waals surface area (Å²) in [6, 6.07) is 0.